The first-order valence-electron chi connectivity index (χ1n) is 13.3. The fraction of sp³-hybridized carbons (Fsp3) is 1.00. The lowest BCUT2D eigenvalue weighted by Gasteiger charge is -2.23. The van der Waals surface area contributed by atoms with Crippen LogP contribution in [0.5, 0.6) is 0 Å². The van der Waals surface area contributed by atoms with Crippen molar-refractivity contribution in [1.82, 2.24) is 4.90 Å². The van der Waals surface area contributed by atoms with E-state index in [2.05, 4.69) is 18.7 Å². The minimum atomic E-state index is -1.19. The first-order chi connectivity index (χ1) is 14.2. The van der Waals surface area contributed by atoms with Crippen molar-refractivity contribution in [2.24, 2.45) is 0 Å². The molecule has 0 heterocycles. The second-order valence-corrected chi connectivity index (χ2v) is 9.15. The van der Waals surface area contributed by atoms with Crippen LogP contribution in [0, 0.1) is 0 Å². The van der Waals surface area contributed by atoms with Crippen molar-refractivity contribution in [3.63, 3.8) is 0 Å². The summed E-state index contributed by atoms with van der Waals surface area (Å²) in [4.78, 5) is 2.26. The van der Waals surface area contributed by atoms with Crippen LogP contribution in [0.3, 0.4) is 0 Å². The molecule has 0 spiro atoms. The quantitative estimate of drug-likeness (QED) is 0.128. The van der Waals surface area contributed by atoms with Gasteiger partial charge in [-0.1, -0.05) is 129 Å². The van der Waals surface area contributed by atoms with E-state index in [4.69, 9.17) is 0 Å². The largest absolute Gasteiger partial charge is 0.367 e. The Labute approximate surface area is 183 Å². The lowest BCUT2D eigenvalue weighted by atomic mass is 10.1. The van der Waals surface area contributed by atoms with Gasteiger partial charge in [0.2, 0.25) is 0 Å². The molecule has 0 aliphatic heterocycles. The number of aliphatic hydroxyl groups is 2. The Morgan fingerprint density at radius 1 is 0.448 bits per heavy atom. The average molecular weight is 414 g/mol. The third-order valence-electron chi connectivity index (χ3n) is 6.08. The minimum absolute atomic E-state index is 0.412. The van der Waals surface area contributed by atoms with Crippen LogP contribution in [0.25, 0.3) is 0 Å². The maximum atomic E-state index is 9.36. The van der Waals surface area contributed by atoms with Crippen LogP contribution >= 0.6 is 0 Å². The summed E-state index contributed by atoms with van der Waals surface area (Å²) < 4.78 is 0. The van der Waals surface area contributed by atoms with Crippen molar-refractivity contribution >= 4 is 0 Å². The number of unbranched alkanes of at least 4 members (excludes halogenated alkanes) is 18. The van der Waals surface area contributed by atoms with E-state index in [1.54, 1.807) is 0 Å². The van der Waals surface area contributed by atoms with Gasteiger partial charge in [-0.3, -0.25) is 4.90 Å². The molecule has 0 amide bonds. The van der Waals surface area contributed by atoms with Crippen LogP contribution in [0.2, 0.25) is 0 Å². The lowest BCUT2D eigenvalue weighted by molar-refractivity contribution is -0.0616. The van der Waals surface area contributed by atoms with Gasteiger partial charge in [-0.15, -0.1) is 0 Å². The summed E-state index contributed by atoms with van der Waals surface area (Å²) in [6, 6.07) is 0. The summed E-state index contributed by atoms with van der Waals surface area (Å²) in [5, 5.41) is 18.7. The lowest BCUT2D eigenvalue weighted by Crippen LogP contribution is -2.34. The molecule has 0 rings (SSSR count). The maximum Gasteiger partial charge on any atom is 0.164 e. The second kappa shape index (κ2) is 24.2. The average Bonchev–Trinajstić information content (AvgIpc) is 2.70. The predicted octanol–water partition coefficient (Wildman–Crippen LogP) is 7.44. The van der Waals surface area contributed by atoms with Crippen molar-refractivity contribution in [3.8, 4) is 0 Å². The van der Waals surface area contributed by atoms with E-state index < -0.39 is 6.29 Å². The number of rotatable bonds is 24. The number of hydrogen-bond donors (Lipinski definition) is 2. The molecule has 0 saturated carbocycles. The van der Waals surface area contributed by atoms with Gasteiger partial charge in [0.25, 0.3) is 0 Å². The fourth-order valence-electron chi connectivity index (χ4n) is 4.17. The van der Waals surface area contributed by atoms with Crippen molar-refractivity contribution in [2.45, 2.75) is 149 Å². The van der Waals surface area contributed by atoms with E-state index in [1.807, 2.05) is 0 Å². The molecule has 0 fully saturated rings. The Morgan fingerprint density at radius 3 is 1.00 bits per heavy atom. The Hall–Kier alpha value is -0.120. The first-order valence-corrected chi connectivity index (χ1v) is 13.3. The summed E-state index contributed by atoms with van der Waals surface area (Å²) in [6.45, 7) is 7.00. The fourth-order valence-corrected chi connectivity index (χ4v) is 4.17. The summed E-state index contributed by atoms with van der Waals surface area (Å²) >= 11 is 0. The first kappa shape index (κ1) is 28.9. The number of nitrogens with zero attached hydrogens (tertiary/aromatic N) is 1. The number of hydrogen-bond acceptors (Lipinski definition) is 3. The Balaban J connectivity index is 3.55. The van der Waals surface area contributed by atoms with E-state index >= 15 is 0 Å². The molecule has 29 heavy (non-hydrogen) atoms. The Kier molecular flexibility index (Phi) is 24.1. The normalized spacial score (nSPS) is 11.8. The van der Waals surface area contributed by atoms with Crippen molar-refractivity contribution in [1.29, 1.82) is 0 Å². The third kappa shape index (κ3) is 24.0. The third-order valence-corrected chi connectivity index (χ3v) is 6.08. The highest BCUT2D eigenvalue weighted by Crippen LogP contribution is 2.13. The van der Waals surface area contributed by atoms with Gasteiger partial charge in [0, 0.05) is 6.54 Å². The van der Waals surface area contributed by atoms with Crippen molar-refractivity contribution in [2.75, 3.05) is 19.6 Å². The summed E-state index contributed by atoms with van der Waals surface area (Å²) in [7, 11) is 0. The zero-order valence-corrected chi connectivity index (χ0v) is 20.2. The van der Waals surface area contributed by atoms with Gasteiger partial charge >= 0.3 is 0 Å². The van der Waals surface area contributed by atoms with Crippen LogP contribution < -0.4 is 0 Å². The van der Waals surface area contributed by atoms with E-state index in [0.717, 1.165) is 13.1 Å². The zero-order valence-electron chi connectivity index (χ0n) is 20.2. The standard InChI is InChI=1S/C26H55NO2/c1-3-5-7-9-11-13-15-17-19-21-23-27(25-26(28)29)24-22-20-18-16-14-12-10-8-6-4-2/h26,28-29H,3-25H2,1-2H3. The second-order valence-electron chi connectivity index (χ2n) is 9.15. The molecule has 0 bridgehead atoms. The van der Waals surface area contributed by atoms with Gasteiger partial charge in [-0.2, -0.15) is 0 Å². The van der Waals surface area contributed by atoms with Crippen LogP contribution in [0.15, 0.2) is 0 Å². The van der Waals surface area contributed by atoms with Gasteiger partial charge in [-0.25, -0.2) is 0 Å². The van der Waals surface area contributed by atoms with Crippen LogP contribution in [-0.4, -0.2) is 41.0 Å². The molecular formula is C26H55NO2. The molecule has 0 aromatic carbocycles. The molecule has 176 valence electrons. The highest BCUT2D eigenvalue weighted by atomic mass is 16.5. The van der Waals surface area contributed by atoms with E-state index in [-0.39, 0.29) is 0 Å². The molecule has 3 nitrogen and oxygen atoms in total. The van der Waals surface area contributed by atoms with Crippen LogP contribution in [-0.2, 0) is 0 Å². The van der Waals surface area contributed by atoms with Crippen LogP contribution in [0.4, 0.5) is 0 Å². The SMILES string of the molecule is CCCCCCCCCCCCN(CCCCCCCCCCCC)CC(O)O. The molecule has 0 radical (unpaired) electrons. The summed E-state index contributed by atoms with van der Waals surface area (Å²) in [6.07, 6.45) is 25.9. The monoisotopic (exact) mass is 413 g/mol. The van der Waals surface area contributed by atoms with Crippen LogP contribution in [0.1, 0.15) is 142 Å². The molecule has 0 aromatic rings. The molecule has 0 aliphatic carbocycles. The smallest absolute Gasteiger partial charge is 0.164 e. The van der Waals surface area contributed by atoms with Gasteiger partial charge in [0.15, 0.2) is 6.29 Å². The predicted molar refractivity (Wildman–Crippen MR) is 128 cm³/mol. The number of aliphatic hydroxyl groups excluding tert-OH is 1. The highest BCUT2D eigenvalue weighted by Gasteiger charge is 2.08. The highest BCUT2D eigenvalue weighted by molar-refractivity contribution is 4.60. The summed E-state index contributed by atoms with van der Waals surface area (Å²) in [5.41, 5.74) is 0. The topological polar surface area (TPSA) is 43.7 Å². The van der Waals surface area contributed by atoms with Gasteiger partial charge in [0.05, 0.1) is 0 Å². The van der Waals surface area contributed by atoms with Crippen molar-refractivity contribution < 1.29 is 10.2 Å². The molecule has 0 saturated heterocycles. The molecule has 3 heteroatoms. The maximum absolute atomic E-state index is 9.36. The minimum Gasteiger partial charge on any atom is -0.367 e. The molecule has 0 aliphatic rings. The molecular weight excluding hydrogens is 358 g/mol. The van der Waals surface area contributed by atoms with Gasteiger partial charge in [-0.05, 0) is 25.9 Å². The van der Waals surface area contributed by atoms with E-state index in [0.29, 0.717) is 6.54 Å². The molecule has 0 aromatic heterocycles. The molecule has 0 atom stereocenters. The van der Waals surface area contributed by atoms with E-state index in [9.17, 15) is 10.2 Å². The zero-order chi connectivity index (χ0) is 21.4. The molecule has 2 N–H and O–H groups in total. The van der Waals surface area contributed by atoms with Crippen molar-refractivity contribution in [3.05, 3.63) is 0 Å². The van der Waals surface area contributed by atoms with E-state index in [1.165, 1.54) is 128 Å². The van der Waals surface area contributed by atoms with Gasteiger partial charge < -0.3 is 10.2 Å². The Morgan fingerprint density at radius 2 is 0.724 bits per heavy atom. The Bertz CT molecular complexity index is 272. The summed E-state index contributed by atoms with van der Waals surface area (Å²) in [5.74, 6) is 0. The van der Waals surface area contributed by atoms with Gasteiger partial charge in [0.1, 0.15) is 0 Å². The molecule has 0 unspecified atom stereocenters.